The van der Waals surface area contributed by atoms with Gasteiger partial charge in [0.05, 0.1) is 4.90 Å². The summed E-state index contributed by atoms with van der Waals surface area (Å²) in [6.07, 6.45) is 2.92. The lowest BCUT2D eigenvalue weighted by molar-refractivity contribution is 0.372. The highest BCUT2D eigenvalue weighted by molar-refractivity contribution is 7.89. The number of nitrogens with one attached hydrogen (secondary N) is 1. The molecule has 1 aliphatic rings. The van der Waals surface area contributed by atoms with Crippen LogP contribution in [0.3, 0.4) is 0 Å². The van der Waals surface area contributed by atoms with Crippen molar-refractivity contribution in [2.45, 2.75) is 57.9 Å². The summed E-state index contributed by atoms with van der Waals surface area (Å²) in [7, 11) is -3.39. The van der Waals surface area contributed by atoms with Crippen LogP contribution in [0.15, 0.2) is 23.1 Å². The van der Waals surface area contributed by atoms with E-state index in [0.29, 0.717) is 4.90 Å². The summed E-state index contributed by atoms with van der Waals surface area (Å²) in [5.74, 6) is 0. The molecule has 0 spiro atoms. The highest BCUT2D eigenvalue weighted by Gasteiger charge is 2.33. The molecule has 1 aromatic carbocycles. The van der Waals surface area contributed by atoms with Gasteiger partial charge in [-0.05, 0) is 61.8 Å². The van der Waals surface area contributed by atoms with Crippen LogP contribution in [0.4, 0.5) is 0 Å². The van der Waals surface area contributed by atoms with E-state index in [1.165, 1.54) is 0 Å². The average Bonchev–Trinajstić information content (AvgIpc) is 2.55. The Balaban J connectivity index is 2.19. The van der Waals surface area contributed by atoms with E-state index < -0.39 is 10.0 Å². The molecule has 1 unspecified atom stereocenters. The maximum Gasteiger partial charge on any atom is 0.240 e. The van der Waals surface area contributed by atoms with Crippen molar-refractivity contribution in [1.29, 1.82) is 0 Å². The minimum Gasteiger partial charge on any atom is -0.208 e. The molecule has 0 aliphatic heterocycles. The maximum absolute atomic E-state index is 12.4. The van der Waals surface area contributed by atoms with Crippen molar-refractivity contribution in [2.24, 2.45) is 5.41 Å². The lowest BCUT2D eigenvalue weighted by Crippen LogP contribution is -2.33. The van der Waals surface area contributed by atoms with Gasteiger partial charge in [0.15, 0.2) is 0 Å². The van der Waals surface area contributed by atoms with Crippen molar-refractivity contribution in [2.75, 3.05) is 0 Å². The van der Waals surface area contributed by atoms with Crippen LogP contribution in [0.25, 0.3) is 0 Å². The average molecular weight is 281 g/mol. The molecule has 1 aliphatic carbocycles. The fourth-order valence-corrected chi connectivity index (χ4v) is 4.37. The Morgan fingerprint density at radius 3 is 2.21 bits per heavy atom. The van der Waals surface area contributed by atoms with E-state index in [1.807, 2.05) is 19.9 Å². The third-order valence-electron chi connectivity index (χ3n) is 3.80. The molecule has 0 bridgehead atoms. The third kappa shape index (κ3) is 3.57. The first-order valence-electron chi connectivity index (χ1n) is 6.79. The summed E-state index contributed by atoms with van der Waals surface area (Å²) in [5.41, 5.74) is 2.20. The normalized spacial score (nSPS) is 22.6. The van der Waals surface area contributed by atoms with Crippen LogP contribution in [0.1, 0.15) is 44.2 Å². The topological polar surface area (TPSA) is 46.2 Å². The second-order valence-corrected chi connectivity index (χ2v) is 8.26. The van der Waals surface area contributed by atoms with E-state index in [0.717, 1.165) is 30.4 Å². The van der Waals surface area contributed by atoms with Crippen LogP contribution in [-0.2, 0) is 10.0 Å². The van der Waals surface area contributed by atoms with E-state index in [9.17, 15) is 8.42 Å². The fraction of sp³-hybridized carbons (Fsp3) is 0.600. The monoisotopic (exact) mass is 281 g/mol. The molecule has 3 nitrogen and oxygen atoms in total. The Morgan fingerprint density at radius 2 is 1.74 bits per heavy atom. The predicted molar refractivity (Wildman–Crippen MR) is 77.7 cm³/mol. The first-order chi connectivity index (χ1) is 8.68. The van der Waals surface area contributed by atoms with Crippen LogP contribution in [-0.4, -0.2) is 14.5 Å². The van der Waals surface area contributed by atoms with Crippen LogP contribution < -0.4 is 4.72 Å². The smallest absolute Gasteiger partial charge is 0.208 e. The van der Waals surface area contributed by atoms with Gasteiger partial charge in [0.1, 0.15) is 0 Å². The van der Waals surface area contributed by atoms with Gasteiger partial charge in [-0.15, -0.1) is 0 Å². The summed E-state index contributed by atoms with van der Waals surface area (Å²) in [6.45, 7) is 8.23. The zero-order valence-electron chi connectivity index (χ0n) is 12.2. The number of aryl methyl sites for hydroxylation is 2. The van der Waals surface area contributed by atoms with Gasteiger partial charge >= 0.3 is 0 Å². The molecule has 0 heterocycles. The zero-order chi connectivity index (χ0) is 14.3. The molecule has 2 rings (SSSR count). The molecule has 19 heavy (non-hydrogen) atoms. The summed E-state index contributed by atoms with van der Waals surface area (Å²) in [4.78, 5) is 0.384. The van der Waals surface area contributed by atoms with Crippen LogP contribution in [0.5, 0.6) is 0 Å². The lowest BCUT2D eigenvalue weighted by Gasteiger charge is -2.18. The molecule has 1 N–H and O–H groups in total. The number of benzene rings is 1. The summed E-state index contributed by atoms with van der Waals surface area (Å²) >= 11 is 0. The van der Waals surface area contributed by atoms with Gasteiger partial charge in [-0.1, -0.05) is 19.9 Å². The Morgan fingerprint density at radius 1 is 1.16 bits per heavy atom. The molecule has 1 fully saturated rings. The van der Waals surface area contributed by atoms with Crippen LogP contribution in [0.2, 0.25) is 0 Å². The van der Waals surface area contributed by atoms with Gasteiger partial charge < -0.3 is 0 Å². The highest BCUT2D eigenvalue weighted by atomic mass is 32.2. The first-order valence-corrected chi connectivity index (χ1v) is 8.27. The minimum absolute atomic E-state index is 0.0702. The minimum atomic E-state index is -3.39. The van der Waals surface area contributed by atoms with E-state index in [-0.39, 0.29) is 11.5 Å². The second-order valence-electron chi connectivity index (χ2n) is 6.55. The molecule has 0 aromatic heterocycles. The molecule has 0 amide bonds. The standard InChI is InChI=1S/C15H23NO2S/c1-11-7-12(2)9-14(8-11)19(17,18)16-13-5-6-15(3,4)10-13/h7-9,13,16H,5-6,10H2,1-4H3. The quantitative estimate of drug-likeness (QED) is 0.925. The Kier molecular flexibility index (Phi) is 3.76. The van der Waals surface area contributed by atoms with Gasteiger partial charge in [-0.25, -0.2) is 13.1 Å². The van der Waals surface area contributed by atoms with Gasteiger partial charge in [-0.3, -0.25) is 0 Å². The number of hydrogen-bond acceptors (Lipinski definition) is 2. The Labute approximate surface area is 116 Å². The molecule has 4 heteroatoms. The maximum atomic E-state index is 12.4. The van der Waals surface area contributed by atoms with Gasteiger partial charge in [0.2, 0.25) is 10.0 Å². The summed E-state index contributed by atoms with van der Waals surface area (Å²) in [5, 5.41) is 0. The molecule has 1 aromatic rings. The third-order valence-corrected chi connectivity index (χ3v) is 5.30. The molecular formula is C15H23NO2S. The van der Waals surface area contributed by atoms with Crippen LogP contribution in [0, 0.1) is 19.3 Å². The van der Waals surface area contributed by atoms with Gasteiger partial charge in [0, 0.05) is 6.04 Å². The van der Waals surface area contributed by atoms with E-state index in [4.69, 9.17) is 0 Å². The zero-order valence-corrected chi connectivity index (χ0v) is 13.0. The number of rotatable bonds is 3. The van der Waals surface area contributed by atoms with E-state index >= 15 is 0 Å². The van der Waals surface area contributed by atoms with E-state index in [1.54, 1.807) is 12.1 Å². The van der Waals surface area contributed by atoms with Crippen molar-refractivity contribution in [1.82, 2.24) is 4.72 Å². The van der Waals surface area contributed by atoms with Crippen molar-refractivity contribution in [3.8, 4) is 0 Å². The number of sulfonamides is 1. The largest absolute Gasteiger partial charge is 0.240 e. The van der Waals surface area contributed by atoms with Crippen molar-refractivity contribution in [3.05, 3.63) is 29.3 Å². The molecule has 0 radical (unpaired) electrons. The van der Waals surface area contributed by atoms with Crippen molar-refractivity contribution < 1.29 is 8.42 Å². The summed E-state index contributed by atoms with van der Waals surface area (Å²) < 4.78 is 27.6. The molecule has 106 valence electrons. The van der Waals surface area contributed by atoms with Crippen molar-refractivity contribution >= 4 is 10.0 Å². The molecular weight excluding hydrogens is 258 g/mol. The highest BCUT2D eigenvalue weighted by Crippen LogP contribution is 2.37. The summed E-state index contributed by atoms with van der Waals surface area (Å²) in [6, 6.07) is 5.52. The lowest BCUT2D eigenvalue weighted by atomic mass is 9.92. The predicted octanol–water partition coefficient (Wildman–Crippen LogP) is 3.16. The first kappa shape index (κ1) is 14.5. The fourth-order valence-electron chi connectivity index (χ4n) is 2.91. The van der Waals surface area contributed by atoms with Gasteiger partial charge in [-0.2, -0.15) is 0 Å². The van der Waals surface area contributed by atoms with Gasteiger partial charge in [0.25, 0.3) is 0 Å². The second kappa shape index (κ2) is 4.91. The van der Waals surface area contributed by atoms with Crippen molar-refractivity contribution in [3.63, 3.8) is 0 Å². The molecule has 0 saturated heterocycles. The SMILES string of the molecule is Cc1cc(C)cc(S(=O)(=O)NC2CCC(C)(C)C2)c1. The molecule has 1 atom stereocenters. The molecule has 1 saturated carbocycles. The Bertz CT molecular complexity index is 556. The van der Waals surface area contributed by atoms with Crippen LogP contribution >= 0.6 is 0 Å². The van der Waals surface area contributed by atoms with E-state index in [2.05, 4.69) is 18.6 Å². The number of hydrogen-bond donors (Lipinski definition) is 1. The Hall–Kier alpha value is -0.870.